The number of benzene rings is 1. The van der Waals surface area contributed by atoms with E-state index in [9.17, 15) is 4.79 Å². The second-order valence-electron chi connectivity index (χ2n) is 7.76. The highest BCUT2D eigenvalue weighted by Gasteiger charge is 2.43. The molecule has 4 rings (SSSR count). The van der Waals surface area contributed by atoms with Crippen LogP contribution in [0.2, 0.25) is 0 Å². The molecule has 3 aromatic rings. The molecule has 0 unspecified atom stereocenters. The van der Waals surface area contributed by atoms with Crippen LogP contribution in [0.5, 0.6) is 0 Å². The van der Waals surface area contributed by atoms with E-state index in [1.54, 1.807) is 29.8 Å². The zero-order valence-electron chi connectivity index (χ0n) is 17.5. The molecular formula is C25H27N3O2S. The van der Waals surface area contributed by atoms with Crippen LogP contribution < -0.4 is 5.32 Å². The molecule has 1 aromatic carbocycles. The predicted molar refractivity (Wildman–Crippen MR) is 125 cm³/mol. The Morgan fingerprint density at radius 2 is 2.00 bits per heavy atom. The molecule has 0 bridgehead atoms. The van der Waals surface area contributed by atoms with Crippen molar-refractivity contribution in [3.05, 3.63) is 90.1 Å². The molecule has 0 spiro atoms. The molecule has 160 valence electrons. The maximum absolute atomic E-state index is 13.2. The number of nitrogens with one attached hydrogen (secondary N) is 1. The third-order valence-electron chi connectivity index (χ3n) is 5.49. The van der Waals surface area contributed by atoms with Crippen molar-refractivity contribution in [3.63, 3.8) is 0 Å². The van der Waals surface area contributed by atoms with Crippen LogP contribution in [0.4, 0.5) is 0 Å². The maximum atomic E-state index is 13.2. The van der Waals surface area contributed by atoms with Gasteiger partial charge in [-0.2, -0.15) is 0 Å². The predicted octanol–water partition coefficient (Wildman–Crippen LogP) is 3.93. The van der Waals surface area contributed by atoms with Gasteiger partial charge in [-0.05, 0) is 40.3 Å². The summed E-state index contributed by atoms with van der Waals surface area (Å²) in [6.45, 7) is 6.74. The van der Waals surface area contributed by atoms with Crippen molar-refractivity contribution in [3.8, 4) is 10.4 Å². The van der Waals surface area contributed by atoms with Crippen LogP contribution in [0.25, 0.3) is 10.4 Å². The van der Waals surface area contributed by atoms with Crippen LogP contribution in [-0.2, 0) is 22.5 Å². The first-order valence-corrected chi connectivity index (χ1v) is 11.3. The smallest absolute Gasteiger partial charge is 0.254 e. The minimum atomic E-state index is -0.932. The van der Waals surface area contributed by atoms with Gasteiger partial charge in [0.15, 0.2) is 5.60 Å². The summed E-state index contributed by atoms with van der Waals surface area (Å²) in [7, 11) is 0. The molecule has 0 radical (unpaired) electrons. The molecule has 0 saturated carbocycles. The molecule has 0 aliphatic carbocycles. The number of aromatic nitrogens is 1. The summed E-state index contributed by atoms with van der Waals surface area (Å²) in [6.07, 6.45) is 5.82. The summed E-state index contributed by atoms with van der Waals surface area (Å²) in [5.74, 6) is -0.0887. The number of hydrogen-bond acceptors (Lipinski definition) is 5. The van der Waals surface area contributed by atoms with E-state index < -0.39 is 5.60 Å². The molecule has 1 aliphatic rings. The Hall–Kier alpha value is -2.80. The Balaban J connectivity index is 1.54. The molecule has 3 heterocycles. The number of nitrogens with zero attached hydrogens (tertiary/aromatic N) is 2. The first kappa shape index (κ1) is 21.4. The number of ether oxygens (including phenoxy) is 1. The van der Waals surface area contributed by atoms with Gasteiger partial charge >= 0.3 is 0 Å². The summed E-state index contributed by atoms with van der Waals surface area (Å²) in [5, 5.41) is 5.04. The van der Waals surface area contributed by atoms with E-state index >= 15 is 0 Å². The summed E-state index contributed by atoms with van der Waals surface area (Å²) in [6, 6.07) is 16.6. The maximum Gasteiger partial charge on any atom is 0.254 e. The minimum absolute atomic E-state index is 0.0887. The van der Waals surface area contributed by atoms with E-state index in [-0.39, 0.29) is 5.91 Å². The Morgan fingerprint density at radius 1 is 1.19 bits per heavy atom. The number of hydrogen-bond donors (Lipinski definition) is 1. The van der Waals surface area contributed by atoms with Crippen LogP contribution in [0.1, 0.15) is 11.1 Å². The van der Waals surface area contributed by atoms with Crippen LogP contribution in [0.3, 0.4) is 0 Å². The van der Waals surface area contributed by atoms with E-state index in [4.69, 9.17) is 4.74 Å². The highest BCUT2D eigenvalue weighted by molar-refractivity contribution is 7.13. The normalized spacial score (nSPS) is 19.1. The Bertz CT molecular complexity index is 989. The SMILES string of the molecule is C=CCNC(=O)[C@@]1(Cc2ccc(-c3cccs3)cc2)CN(Cc2ccncc2)CCO1. The second-order valence-corrected chi connectivity index (χ2v) is 8.71. The fourth-order valence-corrected chi connectivity index (χ4v) is 4.68. The number of carbonyl (C=O) groups is 1. The summed E-state index contributed by atoms with van der Waals surface area (Å²) in [5.41, 5.74) is 2.52. The Labute approximate surface area is 187 Å². The van der Waals surface area contributed by atoms with Gasteiger partial charge in [0.25, 0.3) is 5.91 Å². The largest absolute Gasteiger partial charge is 0.362 e. The number of amides is 1. The van der Waals surface area contributed by atoms with Gasteiger partial charge in [-0.1, -0.05) is 36.4 Å². The van der Waals surface area contributed by atoms with Gasteiger partial charge in [0.2, 0.25) is 0 Å². The Kier molecular flexibility index (Phi) is 6.92. The summed E-state index contributed by atoms with van der Waals surface area (Å²) < 4.78 is 6.20. The van der Waals surface area contributed by atoms with Crippen molar-refractivity contribution in [2.75, 3.05) is 26.2 Å². The molecule has 1 N–H and O–H groups in total. The lowest BCUT2D eigenvalue weighted by atomic mass is 9.90. The van der Waals surface area contributed by atoms with E-state index in [1.807, 2.05) is 12.1 Å². The van der Waals surface area contributed by atoms with Gasteiger partial charge in [-0.25, -0.2) is 0 Å². The lowest BCUT2D eigenvalue weighted by molar-refractivity contribution is -0.160. The van der Waals surface area contributed by atoms with Gasteiger partial charge in [-0.3, -0.25) is 14.7 Å². The van der Waals surface area contributed by atoms with Crippen molar-refractivity contribution < 1.29 is 9.53 Å². The van der Waals surface area contributed by atoms with E-state index in [1.165, 1.54) is 16.0 Å². The molecule has 1 fully saturated rings. The number of carbonyl (C=O) groups excluding carboxylic acids is 1. The van der Waals surface area contributed by atoms with Crippen molar-refractivity contribution in [2.24, 2.45) is 0 Å². The second kappa shape index (κ2) is 10.0. The van der Waals surface area contributed by atoms with Gasteiger partial charge in [0, 0.05) is 49.9 Å². The van der Waals surface area contributed by atoms with Crippen LogP contribution >= 0.6 is 11.3 Å². The molecule has 2 aromatic heterocycles. The molecule has 5 nitrogen and oxygen atoms in total. The van der Waals surface area contributed by atoms with Gasteiger partial charge in [0.1, 0.15) is 0 Å². The van der Waals surface area contributed by atoms with Crippen molar-refractivity contribution >= 4 is 17.2 Å². The number of rotatable bonds is 8. The average Bonchev–Trinajstić information content (AvgIpc) is 3.34. The van der Waals surface area contributed by atoms with E-state index in [0.29, 0.717) is 26.1 Å². The van der Waals surface area contributed by atoms with E-state index in [2.05, 4.69) is 63.6 Å². The minimum Gasteiger partial charge on any atom is -0.362 e. The number of morpholine rings is 1. The quantitative estimate of drug-likeness (QED) is 0.547. The summed E-state index contributed by atoms with van der Waals surface area (Å²) in [4.78, 5) is 20.8. The van der Waals surface area contributed by atoms with Crippen LogP contribution in [0.15, 0.2) is 79.0 Å². The average molecular weight is 434 g/mol. The zero-order chi connectivity index (χ0) is 21.5. The van der Waals surface area contributed by atoms with Gasteiger partial charge in [0.05, 0.1) is 6.61 Å². The van der Waals surface area contributed by atoms with Crippen LogP contribution in [0, 0.1) is 0 Å². The fourth-order valence-electron chi connectivity index (χ4n) is 3.95. The van der Waals surface area contributed by atoms with Crippen molar-refractivity contribution in [2.45, 2.75) is 18.6 Å². The highest BCUT2D eigenvalue weighted by atomic mass is 32.1. The highest BCUT2D eigenvalue weighted by Crippen LogP contribution is 2.28. The lowest BCUT2D eigenvalue weighted by Crippen LogP contribution is -2.61. The molecule has 1 saturated heterocycles. The first-order chi connectivity index (χ1) is 15.2. The molecule has 1 amide bonds. The molecular weight excluding hydrogens is 406 g/mol. The first-order valence-electron chi connectivity index (χ1n) is 10.5. The Morgan fingerprint density at radius 3 is 2.71 bits per heavy atom. The zero-order valence-corrected chi connectivity index (χ0v) is 18.3. The third kappa shape index (κ3) is 5.28. The third-order valence-corrected chi connectivity index (χ3v) is 6.41. The van der Waals surface area contributed by atoms with Gasteiger partial charge in [-0.15, -0.1) is 17.9 Å². The lowest BCUT2D eigenvalue weighted by Gasteiger charge is -2.41. The number of pyridine rings is 1. The van der Waals surface area contributed by atoms with Crippen LogP contribution in [-0.4, -0.2) is 47.6 Å². The molecule has 1 aliphatic heterocycles. The van der Waals surface area contributed by atoms with Crippen molar-refractivity contribution in [1.29, 1.82) is 0 Å². The standard InChI is InChI=1S/C25H27N3O2S/c1-2-11-27-24(29)25(17-20-5-7-22(8-6-20)23-4-3-16-31-23)19-28(14-15-30-25)18-21-9-12-26-13-10-21/h2-10,12-13,16H,1,11,14-15,17-19H2,(H,27,29)/t25-/m1/s1. The topological polar surface area (TPSA) is 54.5 Å². The monoisotopic (exact) mass is 433 g/mol. The fraction of sp³-hybridized carbons (Fsp3) is 0.280. The molecule has 1 atom stereocenters. The number of thiophene rings is 1. The van der Waals surface area contributed by atoms with Crippen molar-refractivity contribution in [1.82, 2.24) is 15.2 Å². The summed E-state index contributed by atoms with van der Waals surface area (Å²) >= 11 is 1.72. The van der Waals surface area contributed by atoms with E-state index in [0.717, 1.165) is 18.7 Å². The molecule has 6 heteroatoms. The molecule has 31 heavy (non-hydrogen) atoms. The van der Waals surface area contributed by atoms with Gasteiger partial charge < -0.3 is 10.1 Å².